The van der Waals surface area contributed by atoms with E-state index in [0.717, 1.165) is 52.0 Å². The summed E-state index contributed by atoms with van der Waals surface area (Å²) in [4.78, 5) is 47.3. The number of thioether (sulfide) groups is 1. The molecular weight excluding hydrogens is 703 g/mol. The fraction of sp³-hybridized carbons (Fsp3) is 0.657. The number of nitrogens with one attached hydrogen (secondary N) is 2. The van der Waals surface area contributed by atoms with Crippen molar-refractivity contribution in [1.29, 1.82) is 0 Å². The van der Waals surface area contributed by atoms with Gasteiger partial charge in [-0.15, -0.1) is 11.3 Å². The van der Waals surface area contributed by atoms with Gasteiger partial charge in [-0.2, -0.15) is 11.8 Å². The summed E-state index contributed by atoms with van der Waals surface area (Å²) in [6.45, 7) is 5.99. The van der Waals surface area contributed by atoms with E-state index in [1.165, 1.54) is 37.0 Å². The molecule has 0 spiro atoms. The predicted octanol–water partition coefficient (Wildman–Crippen LogP) is 6.71. The minimum atomic E-state index is -1.94. The summed E-state index contributed by atoms with van der Waals surface area (Å²) < 4.78 is 14.0. The number of unbranched alkanes of at least 4 members (excludes halogenated alkanes) is 7. The average Bonchev–Trinajstić information content (AvgIpc) is 3.46. The Morgan fingerprint density at radius 1 is 1.11 bits per heavy atom. The van der Waals surface area contributed by atoms with E-state index in [1.54, 1.807) is 23.1 Å². The maximum absolute atomic E-state index is 14.8. The summed E-state index contributed by atoms with van der Waals surface area (Å²) in [7, 11) is 0. The first-order chi connectivity index (χ1) is 22.4. The zero-order valence-corrected chi connectivity index (χ0v) is 31.1. The number of halogens is 2. The number of β-amino-alcohol motifs (C(OH)–C–C–N with tert-alkyl or cyclic N) is 1. The molecule has 3 amide bonds. The lowest BCUT2D eigenvalue weighted by atomic mass is 10.00. The second kappa shape index (κ2) is 17.6. The van der Waals surface area contributed by atoms with Crippen LogP contribution in [0.1, 0.15) is 95.7 Å². The van der Waals surface area contributed by atoms with E-state index in [1.807, 2.05) is 50.5 Å². The molecule has 1 aliphatic carbocycles. The molecule has 2 aromatic rings. The molecule has 47 heavy (non-hydrogen) atoms. The molecule has 12 heteroatoms. The van der Waals surface area contributed by atoms with Gasteiger partial charge >= 0.3 is 0 Å². The number of nitrogens with zero attached hydrogens (tertiary/aromatic N) is 2. The van der Waals surface area contributed by atoms with E-state index < -0.39 is 40.4 Å². The zero-order valence-electron chi connectivity index (χ0n) is 27.9. The first kappa shape index (κ1) is 37.8. The van der Waals surface area contributed by atoms with Gasteiger partial charge in [0.1, 0.15) is 12.1 Å². The van der Waals surface area contributed by atoms with Crippen LogP contribution >= 0.6 is 39.0 Å². The Bertz CT molecular complexity index is 1340. The van der Waals surface area contributed by atoms with E-state index in [-0.39, 0.29) is 38.3 Å². The van der Waals surface area contributed by atoms with Crippen molar-refractivity contribution in [2.45, 2.75) is 127 Å². The number of carbonyl (C=O) groups excluding carboxylic acids is 3. The quantitative estimate of drug-likeness (QED) is 0.109. The zero-order chi connectivity index (χ0) is 34.0. The summed E-state index contributed by atoms with van der Waals surface area (Å²) in [5, 5.41) is 17.3. The summed E-state index contributed by atoms with van der Waals surface area (Å²) in [5.74, 6) is -0.818. The molecule has 3 N–H and O–H groups in total. The second-order valence-corrected chi connectivity index (χ2v) is 16.8. The number of carbonyl (C=O) groups is 3. The number of benzene rings is 1. The lowest BCUT2D eigenvalue weighted by Crippen LogP contribution is -2.61. The van der Waals surface area contributed by atoms with E-state index >= 15 is 0 Å². The van der Waals surface area contributed by atoms with Gasteiger partial charge in [0.25, 0.3) is 5.91 Å². The van der Waals surface area contributed by atoms with E-state index in [9.17, 15) is 23.9 Å². The molecule has 260 valence electrons. The molecule has 4 rings (SSSR count). The van der Waals surface area contributed by atoms with Crippen molar-refractivity contribution in [2.24, 2.45) is 0 Å². The summed E-state index contributed by atoms with van der Waals surface area (Å²) in [5.41, 5.74) is 2.80. The summed E-state index contributed by atoms with van der Waals surface area (Å²) >= 11 is 6.64. The standard InChI is InChI=1S/C35H50BrFN4O4S2/c1-24-29(46-23-39-24)26-14-12-25(13-15-26)21-38-31(43)28-20-27(42)22-41(28)32(44)30(40-33(45)35(37)16-17-35)34(2,3)47-19-11-9-7-5-4-6-8-10-18-36/h12-15,23,27-28,30,42H,4-11,16-22H2,1-3H3,(H,38,43)(H,40,45)/t27-,28+,30-/m1/s1. The van der Waals surface area contributed by atoms with E-state index in [2.05, 4.69) is 31.5 Å². The number of likely N-dealkylation sites (tertiary alicyclic amines) is 1. The minimum Gasteiger partial charge on any atom is -0.391 e. The monoisotopic (exact) mass is 752 g/mol. The Hall–Kier alpha value is -2.02. The number of thiazole rings is 1. The fourth-order valence-corrected chi connectivity index (χ4v) is 8.35. The van der Waals surface area contributed by atoms with E-state index in [0.29, 0.717) is 0 Å². The summed E-state index contributed by atoms with van der Waals surface area (Å²) in [6.07, 6.45) is 8.94. The molecule has 0 bridgehead atoms. The largest absolute Gasteiger partial charge is 0.391 e. The Morgan fingerprint density at radius 2 is 1.74 bits per heavy atom. The van der Waals surface area contributed by atoms with E-state index in [4.69, 9.17) is 0 Å². The highest BCUT2D eigenvalue weighted by atomic mass is 79.9. The van der Waals surface area contributed by atoms with Crippen molar-refractivity contribution in [3.05, 3.63) is 41.0 Å². The maximum Gasteiger partial charge on any atom is 0.258 e. The van der Waals surface area contributed by atoms with Gasteiger partial charge in [-0.1, -0.05) is 78.7 Å². The normalized spacial score (nSPS) is 19.4. The number of aliphatic hydroxyl groups is 1. The number of hydrogen-bond acceptors (Lipinski definition) is 7. The van der Waals surface area contributed by atoms with Gasteiger partial charge < -0.3 is 20.6 Å². The number of aliphatic hydroxyl groups excluding tert-OH is 1. The molecular formula is C35H50BrFN4O4S2. The van der Waals surface area contributed by atoms with Crippen molar-refractivity contribution in [3.8, 4) is 10.4 Å². The first-order valence-corrected chi connectivity index (χ1v) is 19.9. The number of amides is 3. The Kier molecular flexibility index (Phi) is 14.1. The topological polar surface area (TPSA) is 112 Å². The van der Waals surface area contributed by atoms with Crippen LogP contribution in [0.3, 0.4) is 0 Å². The van der Waals surface area contributed by atoms with Crippen molar-refractivity contribution in [3.63, 3.8) is 0 Å². The van der Waals surface area contributed by atoms with Crippen LogP contribution in [0.25, 0.3) is 10.4 Å². The molecule has 1 aromatic heterocycles. The van der Waals surface area contributed by atoms with Gasteiger partial charge in [-0.3, -0.25) is 14.4 Å². The maximum atomic E-state index is 14.8. The van der Waals surface area contributed by atoms with Crippen molar-refractivity contribution in [1.82, 2.24) is 20.5 Å². The molecule has 0 unspecified atom stereocenters. The smallest absolute Gasteiger partial charge is 0.258 e. The summed E-state index contributed by atoms with van der Waals surface area (Å²) in [6, 6.07) is 5.94. The highest BCUT2D eigenvalue weighted by Gasteiger charge is 2.54. The molecule has 1 saturated heterocycles. The third kappa shape index (κ3) is 10.7. The number of aromatic nitrogens is 1. The molecule has 2 fully saturated rings. The SMILES string of the molecule is Cc1ncsc1-c1ccc(CNC(=O)[C@@H]2C[C@@H](O)CN2C(=O)[C@@H](NC(=O)C2(F)CC2)C(C)(C)SCCCCCCCCCCBr)cc1. The predicted molar refractivity (Wildman–Crippen MR) is 193 cm³/mol. The number of rotatable bonds is 19. The molecule has 0 radical (unpaired) electrons. The van der Waals surface area contributed by atoms with Crippen LogP contribution < -0.4 is 10.6 Å². The molecule has 3 atom stereocenters. The van der Waals surface area contributed by atoms with Gasteiger partial charge in [0.15, 0.2) is 5.67 Å². The molecule has 1 aliphatic heterocycles. The van der Waals surface area contributed by atoms with Crippen LogP contribution in [0.2, 0.25) is 0 Å². The second-order valence-electron chi connectivity index (χ2n) is 13.4. The number of alkyl halides is 2. The third-order valence-electron chi connectivity index (χ3n) is 9.11. The van der Waals surface area contributed by atoms with Gasteiger partial charge in [-0.25, -0.2) is 9.37 Å². The minimum absolute atomic E-state index is 0.0245. The van der Waals surface area contributed by atoms with Gasteiger partial charge in [-0.05, 0) is 63.3 Å². The van der Waals surface area contributed by atoms with Crippen LogP contribution in [0, 0.1) is 6.92 Å². The first-order valence-electron chi connectivity index (χ1n) is 16.9. The molecule has 1 saturated carbocycles. The Balaban J connectivity index is 1.35. The van der Waals surface area contributed by atoms with Crippen LogP contribution in [0.5, 0.6) is 0 Å². The van der Waals surface area contributed by atoms with Crippen molar-refractivity contribution < 1.29 is 23.9 Å². The van der Waals surface area contributed by atoms with Gasteiger partial charge in [0.05, 0.1) is 22.2 Å². The number of aryl methyl sites for hydroxylation is 1. The van der Waals surface area contributed by atoms with Crippen molar-refractivity contribution in [2.75, 3.05) is 17.6 Å². The third-order valence-corrected chi connectivity index (χ3v) is 12.1. The number of hydrogen-bond donors (Lipinski definition) is 3. The van der Waals surface area contributed by atoms with Gasteiger partial charge in [0, 0.05) is 29.6 Å². The Labute approximate surface area is 295 Å². The van der Waals surface area contributed by atoms with Crippen LogP contribution in [0.15, 0.2) is 29.8 Å². The molecule has 2 heterocycles. The lowest BCUT2D eigenvalue weighted by Gasteiger charge is -2.37. The average molecular weight is 754 g/mol. The Morgan fingerprint density at radius 3 is 2.34 bits per heavy atom. The van der Waals surface area contributed by atoms with Crippen LogP contribution in [0.4, 0.5) is 4.39 Å². The highest BCUT2D eigenvalue weighted by Crippen LogP contribution is 2.41. The van der Waals surface area contributed by atoms with Crippen LogP contribution in [-0.4, -0.2) is 78.9 Å². The van der Waals surface area contributed by atoms with Crippen molar-refractivity contribution >= 4 is 56.8 Å². The molecule has 2 aliphatic rings. The fourth-order valence-electron chi connectivity index (χ4n) is 5.94. The molecule has 1 aromatic carbocycles. The highest BCUT2D eigenvalue weighted by molar-refractivity contribution is 9.09. The lowest BCUT2D eigenvalue weighted by molar-refractivity contribution is -0.143. The van der Waals surface area contributed by atoms with Gasteiger partial charge in [0.2, 0.25) is 11.8 Å². The molecule has 8 nitrogen and oxygen atoms in total. The van der Waals surface area contributed by atoms with Crippen LogP contribution in [-0.2, 0) is 20.9 Å².